The van der Waals surface area contributed by atoms with Crippen molar-refractivity contribution in [3.8, 4) is 5.75 Å². The van der Waals surface area contributed by atoms with Gasteiger partial charge in [0.25, 0.3) is 5.56 Å². The Hall–Kier alpha value is -4.99. The fraction of sp³-hybridized carbons (Fsp3) is 0.143. The van der Waals surface area contributed by atoms with Crippen LogP contribution in [0.4, 0.5) is 10.3 Å². The number of anilines is 1. The molecule has 10 heteroatoms. The van der Waals surface area contributed by atoms with E-state index in [1.165, 1.54) is 23.7 Å². The number of aromatic nitrogens is 4. The fourth-order valence-corrected chi connectivity index (χ4v) is 4.01. The van der Waals surface area contributed by atoms with E-state index in [1.54, 1.807) is 30.0 Å². The quantitative estimate of drug-likeness (QED) is 0.253. The summed E-state index contributed by atoms with van der Waals surface area (Å²) in [5.74, 6) is 0.639. The lowest BCUT2D eigenvalue weighted by molar-refractivity contribution is 0.306. The molecule has 1 N–H and O–H groups in total. The van der Waals surface area contributed by atoms with Crippen LogP contribution in [-0.4, -0.2) is 24.9 Å². The highest BCUT2D eigenvalue weighted by Crippen LogP contribution is 2.19. The van der Waals surface area contributed by atoms with E-state index >= 15 is 0 Å². The maximum absolute atomic E-state index is 13.4. The minimum Gasteiger partial charge on any atom is -0.489 e. The number of hydrogen-bond acceptors (Lipinski definition) is 6. The number of hydrogen-bond donors (Lipinski definition) is 1. The van der Waals surface area contributed by atoms with Crippen molar-refractivity contribution in [1.82, 2.24) is 18.7 Å². The number of rotatable bonds is 8. The Morgan fingerprint density at radius 1 is 0.921 bits per heavy atom. The highest BCUT2D eigenvalue weighted by Gasteiger charge is 2.19. The molecule has 0 spiro atoms. The van der Waals surface area contributed by atoms with Crippen molar-refractivity contribution in [1.29, 1.82) is 0 Å². The summed E-state index contributed by atoms with van der Waals surface area (Å²) in [5, 5.41) is 4.30. The maximum atomic E-state index is 13.4. The summed E-state index contributed by atoms with van der Waals surface area (Å²) in [6.45, 7) is 0.692. The number of nitrogens with one attached hydrogen (secondary N) is 1. The van der Waals surface area contributed by atoms with Gasteiger partial charge in [-0.05, 0) is 53.1 Å². The standard InChI is InChI=1S/C28H25FN6O3/c1-33-25-24(26(36)34(2)28(33)37)35(17-20-8-12-22(29)13-9-20)27(31-25)32-30-16-19-10-14-23(15-11-19)38-18-21-6-4-3-5-7-21/h3-16H,17-18H2,1-2H3,(H,31,32)/b30-16+. The van der Waals surface area contributed by atoms with Crippen LogP contribution in [0.25, 0.3) is 11.2 Å². The van der Waals surface area contributed by atoms with Gasteiger partial charge in [0, 0.05) is 14.1 Å². The average Bonchev–Trinajstić information content (AvgIpc) is 3.30. The van der Waals surface area contributed by atoms with Crippen molar-refractivity contribution in [3.05, 3.63) is 122 Å². The molecule has 5 aromatic rings. The van der Waals surface area contributed by atoms with Crippen LogP contribution in [0.3, 0.4) is 0 Å². The zero-order chi connectivity index (χ0) is 26.6. The fourth-order valence-electron chi connectivity index (χ4n) is 4.01. The Morgan fingerprint density at radius 3 is 2.34 bits per heavy atom. The summed E-state index contributed by atoms with van der Waals surface area (Å²) in [6, 6.07) is 23.3. The third-order valence-corrected chi connectivity index (χ3v) is 6.11. The second kappa shape index (κ2) is 10.6. The Labute approximate surface area is 217 Å². The zero-order valence-corrected chi connectivity index (χ0v) is 20.8. The number of hydrazone groups is 1. The number of fused-ring (bicyclic) bond motifs is 1. The van der Waals surface area contributed by atoms with Gasteiger partial charge in [0.05, 0.1) is 12.8 Å². The van der Waals surface area contributed by atoms with Gasteiger partial charge < -0.3 is 4.74 Å². The molecule has 0 aliphatic rings. The second-order valence-corrected chi connectivity index (χ2v) is 8.74. The molecular weight excluding hydrogens is 487 g/mol. The van der Waals surface area contributed by atoms with Crippen LogP contribution in [0.2, 0.25) is 0 Å². The molecule has 0 amide bonds. The molecule has 0 unspecified atom stereocenters. The second-order valence-electron chi connectivity index (χ2n) is 8.74. The SMILES string of the molecule is Cn1c(=O)c2c(nc(N/N=C/c3ccc(OCc4ccccc4)cc3)n2Cc2ccc(F)cc2)n(C)c1=O. The van der Waals surface area contributed by atoms with Gasteiger partial charge >= 0.3 is 5.69 Å². The van der Waals surface area contributed by atoms with Crippen molar-refractivity contribution < 1.29 is 9.13 Å². The molecule has 0 bridgehead atoms. The number of nitrogens with zero attached hydrogens (tertiary/aromatic N) is 5. The number of benzene rings is 3. The lowest BCUT2D eigenvalue weighted by Gasteiger charge is -2.09. The van der Waals surface area contributed by atoms with Crippen molar-refractivity contribution in [2.24, 2.45) is 19.2 Å². The van der Waals surface area contributed by atoms with E-state index in [4.69, 9.17) is 4.74 Å². The van der Waals surface area contributed by atoms with Gasteiger partial charge in [-0.2, -0.15) is 10.1 Å². The summed E-state index contributed by atoms with van der Waals surface area (Å²) < 4.78 is 23.2. The van der Waals surface area contributed by atoms with Crippen LogP contribution in [0.5, 0.6) is 5.75 Å². The first-order chi connectivity index (χ1) is 18.4. The Bertz CT molecular complexity index is 1720. The van der Waals surface area contributed by atoms with E-state index in [0.29, 0.717) is 6.61 Å². The van der Waals surface area contributed by atoms with E-state index in [9.17, 15) is 14.0 Å². The number of aryl methyl sites for hydroxylation is 1. The van der Waals surface area contributed by atoms with Crippen LogP contribution < -0.4 is 21.4 Å². The molecule has 0 atom stereocenters. The molecule has 9 nitrogen and oxygen atoms in total. The number of halogens is 1. The van der Waals surface area contributed by atoms with Gasteiger partial charge in [0.2, 0.25) is 5.95 Å². The van der Waals surface area contributed by atoms with Crippen molar-refractivity contribution in [2.45, 2.75) is 13.2 Å². The van der Waals surface area contributed by atoms with Gasteiger partial charge in [-0.3, -0.25) is 18.5 Å². The lowest BCUT2D eigenvalue weighted by atomic mass is 10.2. The molecular formula is C28H25FN6O3. The molecule has 2 aromatic heterocycles. The molecule has 0 aliphatic heterocycles. The number of imidazole rings is 1. The summed E-state index contributed by atoms with van der Waals surface area (Å²) in [4.78, 5) is 29.9. The smallest absolute Gasteiger partial charge is 0.332 e. The first-order valence-corrected chi connectivity index (χ1v) is 11.9. The zero-order valence-electron chi connectivity index (χ0n) is 20.8. The van der Waals surface area contributed by atoms with Crippen LogP contribution in [0.15, 0.2) is 93.6 Å². The molecule has 38 heavy (non-hydrogen) atoms. The predicted molar refractivity (Wildman–Crippen MR) is 144 cm³/mol. The first-order valence-electron chi connectivity index (χ1n) is 11.9. The van der Waals surface area contributed by atoms with Gasteiger partial charge in [-0.25, -0.2) is 14.6 Å². The third-order valence-electron chi connectivity index (χ3n) is 6.11. The van der Waals surface area contributed by atoms with Crippen molar-refractivity contribution >= 4 is 23.3 Å². The maximum Gasteiger partial charge on any atom is 0.332 e. The van der Waals surface area contributed by atoms with E-state index in [2.05, 4.69) is 15.5 Å². The van der Waals surface area contributed by atoms with Gasteiger partial charge in [-0.1, -0.05) is 42.5 Å². The third kappa shape index (κ3) is 5.10. The Balaban J connectivity index is 1.39. The molecule has 5 rings (SSSR count). The molecule has 192 valence electrons. The summed E-state index contributed by atoms with van der Waals surface area (Å²) in [5.41, 5.74) is 5.02. The van der Waals surface area contributed by atoms with Gasteiger partial charge in [0.15, 0.2) is 11.2 Å². The molecule has 0 fully saturated rings. The van der Waals surface area contributed by atoms with Gasteiger partial charge in [0.1, 0.15) is 18.2 Å². The van der Waals surface area contributed by atoms with E-state index in [-0.39, 0.29) is 29.5 Å². The van der Waals surface area contributed by atoms with E-state index in [1.807, 2.05) is 54.6 Å². The van der Waals surface area contributed by atoms with Crippen molar-refractivity contribution in [3.63, 3.8) is 0 Å². The Morgan fingerprint density at radius 2 is 1.63 bits per heavy atom. The molecule has 0 aliphatic carbocycles. The number of ether oxygens (including phenoxy) is 1. The van der Waals surface area contributed by atoms with Crippen LogP contribution >= 0.6 is 0 Å². The first kappa shape index (κ1) is 24.7. The lowest BCUT2D eigenvalue weighted by Crippen LogP contribution is -2.37. The predicted octanol–water partition coefficient (Wildman–Crippen LogP) is 3.65. The van der Waals surface area contributed by atoms with E-state index in [0.717, 1.165) is 27.0 Å². The topological polar surface area (TPSA) is 95.4 Å². The molecule has 0 saturated carbocycles. The monoisotopic (exact) mass is 512 g/mol. The minimum atomic E-state index is -0.487. The molecule has 0 radical (unpaired) electrons. The summed E-state index contributed by atoms with van der Waals surface area (Å²) in [6.07, 6.45) is 1.61. The van der Waals surface area contributed by atoms with Crippen molar-refractivity contribution in [2.75, 3.05) is 5.43 Å². The molecule has 3 aromatic carbocycles. The summed E-state index contributed by atoms with van der Waals surface area (Å²) >= 11 is 0. The normalized spacial score (nSPS) is 11.3. The highest BCUT2D eigenvalue weighted by molar-refractivity contribution is 5.80. The van der Waals surface area contributed by atoms with Gasteiger partial charge in [-0.15, -0.1) is 0 Å². The van der Waals surface area contributed by atoms with E-state index < -0.39 is 11.2 Å². The van der Waals surface area contributed by atoms with Crippen LogP contribution in [0.1, 0.15) is 16.7 Å². The largest absolute Gasteiger partial charge is 0.489 e. The highest BCUT2D eigenvalue weighted by atomic mass is 19.1. The molecule has 2 heterocycles. The van der Waals surface area contributed by atoms with Crippen LogP contribution in [-0.2, 0) is 27.2 Å². The average molecular weight is 513 g/mol. The summed E-state index contributed by atoms with van der Waals surface area (Å²) in [7, 11) is 2.96. The minimum absolute atomic E-state index is 0.218. The van der Waals surface area contributed by atoms with Crippen LogP contribution in [0, 0.1) is 5.82 Å². The molecule has 0 saturated heterocycles. The Kier molecular flexibility index (Phi) is 6.86.